The van der Waals surface area contributed by atoms with Crippen LogP contribution in [-0.4, -0.2) is 38.2 Å². The molecule has 2 rings (SSSR count). The highest BCUT2D eigenvalue weighted by Crippen LogP contribution is 2.21. The van der Waals surface area contributed by atoms with Gasteiger partial charge in [-0.05, 0) is 37.1 Å². The minimum atomic E-state index is -3.07. The Hall–Kier alpha value is -1.27. The van der Waals surface area contributed by atoms with Gasteiger partial charge in [-0.1, -0.05) is 0 Å². The van der Waals surface area contributed by atoms with Crippen LogP contribution in [0.3, 0.4) is 0 Å². The third-order valence-electron chi connectivity index (χ3n) is 3.05. The Morgan fingerprint density at radius 3 is 2.28 bits per heavy atom. The maximum absolute atomic E-state index is 11.4. The van der Waals surface area contributed by atoms with E-state index in [9.17, 15) is 8.42 Å². The number of hydrogen-bond donors (Lipinski definition) is 1. The van der Waals surface area contributed by atoms with Crippen LogP contribution in [0.1, 0.15) is 12.8 Å². The fourth-order valence-corrected chi connectivity index (χ4v) is 2.89. The Morgan fingerprint density at radius 2 is 1.78 bits per heavy atom. The highest BCUT2D eigenvalue weighted by molar-refractivity contribution is 7.88. The van der Waals surface area contributed by atoms with Crippen molar-refractivity contribution < 1.29 is 13.2 Å². The first-order chi connectivity index (χ1) is 8.45. The number of rotatable bonds is 3. The summed E-state index contributed by atoms with van der Waals surface area (Å²) in [5.41, 5.74) is 6.30. The summed E-state index contributed by atoms with van der Waals surface area (Å²) in [7, 11) is -3.07. The summed E-state index contributed by atoms with van der Waals surface area (Å²) in [6.45, 7) is 1.05. The van der Waals surface area contributed by atoms with Crippen LogP contribution in [0, 0.1) is 0 Å². The average molecular weight is 270 g/mol. The number of benzene rings is 1. The molecule has 1 aliphatic rings. The Morgan fingerprint density at radius 1 is 1.22 bits per heavy atom. The third kappa shape index (κ3) is 3.36. The molecular weight excluding hydrogens is 252 g/mol. The molecule has 0 amide bonds. The van der Waals surface area contributed by atoms with Crippen LogP contribution >= 0.6 is 0 Å². The second-order valence-corrected chi connectivity index (χ2v) is 6.53. The number of ether oxygens (including phenoxy) is 1. The molecule has 0 atom stereocenters. The number of nitrogens with two attached hydrogens (primary N) is 1. The largest absolute Gasteiger partial charge is 0.490 e. The predicted octanol–water partition coefficient (Wildman–Crippen LogP) is 1.07. The number of hydrogen-bond acceptors (Lipinski definition) is 4. The maximum Gasteiger partial charge on any atom is 0.211 e. The molecule has 1 saturated heterocycles. The summed E-state index contributed by atoms with van der Waals surface area (Å²) in [5.74, 6) is 0.780. The number of sulfonamides is 1. The van der Waals surface area contributed by atoms with E-state index >= 15 is 0 Å². The van der Waals surface area contributed by atoms with Gasteiger partial charge < -0.3 is 10.5 Å². The van der Waals surface area contributed by atoms with Crippen molar-refractivity contribution in [3.05, 3.63) is 24.3 Å². The molecule has 1 heterocycles. The van der Waals surface area contributed by atoms with E-state index in [1.165, 1.54) is 10.6 Å². The molecule has 0 bridgehead atoms. The third-order valence-corrected chi connectivity index (χ3v) is 4.36. The first kappa shape index (κ1) is 13.2. The zero-order valence-electron chi connectivity index (χ0n) is 10.4. The van der Waals surface area contributed by atoms with Crippen molar-refractivity contribution in [1.82, 2.24) is 4.31 Å². The lowest BCUT2D eigenvalue weighted by Gasteiger charge is -2.30. The van der Waals surface area contributed by atoms with Gasteiger partial charge in [0.1, 0.15) is 11.9 Å². The van der Waals surface area contributed by atoms with Crippen LogP contribution in [0.4, 0.5) is 5.69 Å². The van der Waals surface area contributed by atoms with E-state index < -0.39 is 10.0 Å². The van der Waals surface area contributed by atoms with Crippen molar-refractivity contribution in [1.29, 1.82) is 0 Å². The average Bonchev–Trinajstić information content (AvgIpc) is 2.32. The van der Waals surface area contributed by atoms with Crippen molar-refractivity contribution in [2.75, 3.05) is 25.1 Å². The highest BCUT2D eigenvalue weighted by atomic mass is 32.2. The number of anilines is 1. The van der Waals surface area contributed by atoms with E-state index in [4.69, 9.17) is 10.5 Å². The molecule has 1 aromatic carbocycles. The lowest BCUT2D eigenvalue weighted by molar-refractivity contribution is 0.135. The molecule has 2 N–H and O–H groups in total. The molecule has 0 aromatic heterocycles. The van der Waals surface area contributed by atoms with E-state index in [0.29, 0.717) is 18.8 Å². The van der Waals surface area contributed by atoms with Crippen LogP contribution in [0.15, 0.2) is 24.3 Å². The molecular formula is C12H18N2O3S. The van der Waals surface area contributed by atoms with Crippen LogP contribution in [0.25, 0.3) is 0 Å². The van der Waals surface area contributed by atoms with Gasteiger partial charge in [-0.15, -0.1) is 0 Å². The molecule has 1 fully saturated rings. The van der Waals surface area contributed by atoms with E-state index in [0.717, 1.165) is 18.6 Å². The van der Waals surface area contributed by atoms with Crippen LogP contribution in [-0.2, 0) is 10.0 Å². The minimum Gasteiger partial charge on any atom is -0.490 e. The van der Waals surface area contributed by atoms with Crippen molar-refractivity contribution >= 4 is 15.7 Å². The summed E-state index contributed by atoms with van der Waals surface area (Å²) in [6, 6.07) is 7.25. The van der Waals surface area contributed by atoms with Crippen molar-refractivity contribution in [2.24, 2.45) is 0 Å². The normalized spacial score (nSPS) is 18.7. The monoisotopic (exact) mass is 270 g/mol. The van der Waals surface area contributed by atoms with Gasteiger partial charge in [0.25, 0.3) is 0 Å². The molecule has 0 spiro atoms. The van der Waals surface area contributed by atoms with Crippen LogP contribution < -0.4 is 10.5 Å². The second kappa shape index (κ2) is 5.16. The lowest BCUT2D eigenvalue weighted by Crippen LogP contribution is -2.41. The molecule has 1 aromatic rings. The van der Waals surface area contributed by atoms with E-state index in [1.807, 2.05) is 12.1 Å². The second-order valence-electron chi connectivity index (χ2n) is 4.55. The Balaban J connectivity index is 1.89. The van der Waals surface area contributed by atoms with E-state index in [2.05, 4.69) is 0 Å². The molecule has 0 aliphatic carbocycles. The fraction of sp³-hybridized carbons (Fsp3) is 0.500. The molecule has 100 valence electrons. The van der Waals surface area contributed by atoms with E-state index in [1.54, 1.807) is 12.1 Å². The molecule has 1 aliphatic heterocycles. The van der Waals surface area contributed by atoms with Gasteiger partial charge in [-0.25, -0.2) is 12.7 Å². The first-order valence-corrected chi connectivity index (χ1v) is 7.77. The number of nitrogen functional groups attached to an aromatic ring is 1. The summed E-state index contributed by atoms with van der Waals surface area (Å²) in [4.78, 5) is 0. The van der Waals surface area contributed by atoms with Gasteiger partial charge >= 0.3 is 0 Å². The Kier molecular flexibility index (Phi) is 3.77. The van der Waals surface area contributed by atoms with Crippen molar-refractivity contribution in [3.8, 4) is 5.75 Å². The summed E-state index contributed by atoms with van der Waals surface area (Å²) in [5, 5.41) is 0. The number of nitrogens with zero attached hydrogens (tertiary/aromatic N) is 1. The van der Waals surface area contributed by atoms with Gasteiger partial charge in [0.2, 0.25) is 10.0 Å². The van der Waals surface area contributed by atoms with E-state index in [-0.39, 0.29) is 6.10 Å². The zero-order valence-corrected chi connectivity index (χ0v) is 11.2. The molecule has 0 saturated carbocycles. The maximum atomic E-state index is 11.4. The number of piperidine rings is 1. The topological polar surface area (TPSA) is 72.6 Å². The van der Waals surface area contributed by atoms with Gasteiger partial charge in [0.15, 0.2) is 0 Å². The fourth-order valence-electron chi connectivity index (χ4n) is 2.02. The first-order valence-electron chi connectivity index (χ1n) is 5.92. The van der Waals surface area contributed by atoms with Crippen LogP contribution in [0.5, 0.6) is 5.75 Å². The molecule has 18 heavy (non-hydrogen) atoms. The van der Waals surface area contributed by atoms with Crippen LogP contribution in [0.2, 0.25) is 0 Å². The molecule has 0 radical (unpaired) electrons. The van der Waals surface area contributed by atoms with Gasteiger partial charge in [-0.2, -0.15) is 0 Å². The predicted molar refractivity (Wildman–Crippen MR) is 70.9 cm³/mol. The SMILES string of the molecule is CS(=O)(=O)N1CCC(Oc2ccc(N)cc2)CC1. The molecule has 5 nitrogen and oxygen atoms in total. The Bertz CT molecular complexity index is 491. The van der Waals surface area contributed by atoms with Gasteiger partial charge in [-0.3, -0.25) is 0 Å². The summed E-state index contributed by atoms with van der Waals surface area (Å²) < 4.78 is 30.0. The summed E-state index contributed by atoms with van der Waals surface area (Å²) >= 11 is 0. The zero-order chi connectivity index (χ0) is 13.2. The quantitative estimate of drug-likeness (QED) is 0.834. The minimum absolute atomic E-state index is 0.0756. The Labute approximate surface area is 108 Å². The summed E-state index contributed by atoms with van der Waals surface area (Å²) in [6.07, 6.45) is 2.76. The lowest BCUT2D eigenvalue weighted by atomic mass is 10.1. The smallest absolute Gasteiger partial charge is 0.211 e. The van der Waals surface area contributed by atoms with Gasteiger partial charge in [0, 0.05) is 18.8 Å². The molecule has 0 unspecified atom stereocenters. The standard InChI is InChI=1S/C12H18N2O3S/c1-18(15,16)14-8-6-12(7-9-14)17-11-4-2-10(13)3-5-11/h2-5,12H,6-9,13H2,1H3. The molecule has 6 heteroatoms. The van der Waals surface area contributed by atoms with Gasteiger partial charge in [0.05, 0.1) is 6.26 Å². The van der Waals surface area contributed by atoms with Crippen molar-refractivity contribution in [2.45, 2.75) is 18.9 Å². The highest BCUT2D eigenvalue weighted by Gasteiger charge is 2.25. The van der Waals surface area contributed by atoms with Crippen molar-refractivity contribution in [3.63, 3.8) is 0 Å².